The minimum atomic E-state index is 0.806. The van der Waals surface area contributed by atoms with Gasteiger partial charge in [-0.3, -0.25) is 4.98 Å². The maximum absolute atomic E-state index is 5.85. The summed E-state index contributed by atoms with van der Waals surface area (Å²) in [5.41, 5.74) is 1.82. The average Bonchev–Trinajstić information content (AvgIpc) is 2.77. The molecule has 18 heavy (non-hydrogen) atoms. The lowest BCUT2D eigenvalue weighted by molar-refractivity contribution is 0.415. The topological polar surface area (TPSA) is 35.3 Å². The van der Waals surface area contributed by atoms with Crippen LogP contribution in [-0.2, 0) is 0 Å². The largest absolute Gasteiger partial charge is 0.497 e. The van der Waals surface area contributed by atoms with Gasteiger partial charge in [0.15, 0.2) is 0 Å². The van der Waals surface area contributed by atoms with E-state index in [2.05, 4.69) is 20.9 Å². The van der Waals surface area contributed by atoms with E-state index in [4.69, 9.17) is 9.15 Å². The zero-order valence-electron chi connectivity index (χ0n) is 9.68. The van der Waals surface area contributed by atoms with Crippen molar-refractivity contribution in [3.8, 4) is 17.1 Å². The monoisotopic (exact) mass is 303 g/mol. The van der Waals surface area contributed by atoms with E-state index in [9.17, 15) is 0 Å². The van der Waals surface area contributed by atoms with Gasteiger partial charge in [0, 0.05) is 23.3 Å². The SMILES string of the molecule is COc1ccc2oc(-c3ccncc3)c(Br)c2c1. The van der Waals surface area contributed by atoms with E-state index < -0.39 is 0 Å². The molecular formula is C14H10BrNO2. The third-order valence-electron chi connectivity index (χ3n) is 2.78. The van der Waals surface area contributed by atoms with Gasteiger partial charge in [-0.15, -0.1) is 0 Å². The maximum Gasteiger partial charge on any atom is 0.149 e. The van der Waals surface area contributed by atoms with Crippen LogP contribution in [0.15, 0.2) is 51.6 Å². The fourth-order valence-electron chi connectivity index (χ4n) is 1.86. The number of benzene rings is 1. The fraction of sp³-hybridized carbons (Fsp3) is 0.0714. The van der Waals surface area contributed by atoms with Crippen molar-refractivity contribution in [3.05, 3.63) is 47.2 Å². The second kappa shape index (κ2) is 4.46. The van der Waals surface area contributed by atoms with Gasteiger partial charge in [0.25, 0.3) is 0 Å². The minimum absolute atomic E-state index is 0.806. The highest BCUT2D eigenvalue weighted by molar-refractivity contribution is 9.10. The summed E-state index contributed by atoms with van der Waals surface area (Å²) < 4.78 is 12.0. The molecule has 0 spiro atoms. The Kier molecular flexibility index (Phi) is 2.80. The van der Waals surface area contributed by atoms with E-state index in [1.54, 1.807) is 19.5 Å². The molecular weight excluding hydrogens is 294 g/mol. The molecule has 0 saturated carbocycles. The first-order valence-corrected chi connectivity index (χ1v) is 6.25. The number of furan rings is 1. The summed E-state index contributed by atoms with van der Waals surface area (Å²) in [6.07, 6.45) is 3.49. The van der Waals surface area contributed by atoms with Crippen LogP contribution in [0.4, 0.5) is 0 Å². The lowest BCUT2D eigenvalue weighted by atomic mass is 10.2. The van der Waals surface area contributed by atoms with Gasteiger partial charge in [-0.25, -0.2) is 0 Å². The second-order valence-corrected chi connectivity index (χ2v) is 4.64. The molecule has 0 radical (unpaired) electrons. The first-order valence-electron chi connectivity index (χ1n) is 5.46. The van der Waals surface area contributed by atoms with E-state index >= 15 is 0 Å². The molecule has 0 amide bonds. The molecule has 4 heteroatoms. The molecule has 3 nitrogen and oxygen atoms in total. The molecule has 2 aromatic heterocycles. The van der Waals surface area contributed by atoms with E-state index in [0.717, 1.165) is 32.5 Å². The average molecular weight is 304 g/mol. The number of halogens is 1. The first-order chi connectivity index (χ1) is 8.79. The van der Waals surface area contributed by atoms with E-state index in [0.29, 0.717) is 0 Å². The van der Waals surface area contributed by atoms with Gasteiger partial charge in [0.2, 0.25) is 0 Å². The van der Waals surface area contributed by atoms with Crippen molar-refractivity contribution in [2.45, 2.75) is 0 Å². The Balaban J connectivity index is 2.23. The Bertz CT molecular complexity index is 692. The normalized spacial score (nSPS) is 10.8. The summed E-state index contributed by atoms with van der Waals surface area (Å²) in [6.45, 7) is 0. The van der Waals surface area contributed by atoms with Crippen molar-refractivity contribution >= 4 is 26.9 Å². The number of hydrogen-bond acceptors (Lipinski definition) is 3. The Morgan fingerprint density at radius 3 is 2.67 bits per heavy atom. The standard InChI is InChI=1S/C14H10BrNO2/c1-17-10-2-3-12-11(8-10)13(15)14(18-12)9-4-6-16-7-5-9/h2-8H,1H3. The Morgan fingerprint density at radius 1 is 1.17 bits per heavy atom. The molecule has 90 valence electrons. The van der Waals surface area contributed by atoms with Gasteiger partial charge in [-0.1, -0.05) is 0 Å². The van der Waals surface area contributed by atoms with Gasteiger partial charge in [0.1, 0.15) is 17.1 Å². The predicted molar refractivity (Wildman–Crippen MR) is 73.7 cm³/mol. The quantitative estimate of drug-likeness (QED) is 0.709. The maximum atomic E-state index is 5.85. The van der Waals surface area contributed by atoms with Crippen molar-refractivity contribution < 1.29 is 9.15 Å². The van der Waals surface area contributed by atoms with Crippen LogP contribution in [0.1, 0.15) is 0 Å². The number of ether oxygens (including phenoxy) is 1. The molecule has 0 fully saturated rings. The smallest absolute Gasteiger partial charge is 0.149 e. The molecule has 1 aromatic carbocycles. The number of hydrogen-bond donors (Lipinski definition) is 0. The molecule has 0 aliphatic carbocycles. The Morgan fingerprint density at radius 2 is 1.94 bits per heavy atom. The van der Waals surface area contributed by atoms with Gasteiger partial charge in [-0.05, 0) is 46.3 Å². The van der Waals surface area contributed by atoms with Crippen molar-refractivity contribution in [2.75, 3.05) is 7.11 Å². The summed E-state index contributed by atoms with van der Waals surface area (Å²) >= 11 is 3.58. The molecule has 3 aromatic rings. The first kappa shape index (κ1) is 11.3. The molecule has 0 N–H and O–H groups in total. The Hall–Kier alpha value is -1.81. The lowest BCUT2D eigenvalue weighted by Crippen LogP contribution is -1.80. The van der Waals surface area contributed by atoms with Crippen molar-refractivity contribution in [1.29, 1.82) is 0 Å². The van der Waals surface area contributed by atoms with Crippen LogP contribution in [-0.4, -0.2) is 12.1 Å². The van der Waals surface area contributed by atoms with Crippen molar-refractivity contribution in [3.63, 3.8) is 0 Å². The van der Waals surface area contributed by atoms with Crippen LogP contribution in [0.3, 0.4) is 0 Å². The van der Waals surface area contributed by atoms with Crippen LogP contribution < -0.4 is 4.74 Å². The van der Waals surface area contributed by atoms with Gasteiger partial charge >= 0.3 is 0 Å². The van der Waals surface area contributed by atoms with Crippen LogP contribution in [0.5, 0.6) is 5.75 Å². The number of aromatic nitrogens is 1. The predicted octanol–water partition coefficient (Wildman–Crippen LogP) is 4.27. The summed E-state index contributed by atoms with van der Waals surface area (Å²) in [5.74, 6) is 1.62. The summed E-state index contributed by atoms with van der Waals surface area (Å²) in [6, 6.07) is 9.57. The third-order valence-corrected chi connectivity index (χ3v) is 3.56. The molecule has 0 bridgehead atoms. The van der Waals surface area contributed by atoms with Crippen LogP contribution in [0.2, 0.25) is 0 Å². The minimum Gasteiger partial charge on any atom is -0.497 e. The van der Waals surface area contributed by atoms with Gasteiger partial charge in [-0.2, -0.15) is 0 Å². The van der Waals surface area contributed by atoms with Crippen LogP contribution in [0, 0.1) is 0 Å². The number of rotatable bonds is 2. The molecule has 3 rings (SSSR count). The number of nitrogens with zero attached hydrogens (tertiary/aromatic N) is 1. The summed E-state index contributed by atoms with van der Waals surface area (Å²) in [4.78, 5) is 4.00. The number of methoxy groups -OCH3 is 1. The highest BCUT2D eigenvalue weighted by Gasteiger charge is 2.14. The van der Waals surface area contributed by atoms with E-state index in [-0.39, 0.29) is 0 Å². The summed E-state index contributed by atoms with van der Waals surface area (Å²) in [7, 11) is 1.65. The zero-order chi connectivity index (χ0) is 12.5. The second-order valence-electron chi connectivity index (χ2n) is 3.84. The van der Waals surface area contributed by atoms with Crippen molar-refractivity contribution in [1.82, 2.24) is 4.98 Å². The molecule has 0 aliphatic rings. The lowest BCUT2D eigenvalue weighted by Gasteiger charge is -1.97. The zero-order valence-corrected chi connectivity index (χ0v) is 11.3. The molecule has 0 saturated heterocycles. The molecule has 2 heterocycles. The summed E-state index contributed by atoms with van der Waals surface area (Å²) in [5, 5.41) is 1.00. The highest BCUT2D eigenvalue weighted by Crippen LogP contribution is 2.38. The third kappa shape index (κ3) is 1.78. The highest BCUT2D eigenvalue weighted by atomic mass is 79.9. The fourth-order valence-corrected chi connectivity index (χ4v) is 2.48. The van der Waals surface area contributed by atoms with Crippen molar-refractivity contribution in [2.24, 2.45) is 0 Å². The van der Waals surface area contributed by atoms with Crippen LogP contribution in [0.25, 0.3) is 22.3 Å². The van der Waals surface area contributed by atoms with Gasteiger partial charge in [0.05, 0.1) is 11.6 Å². The number of fused-ring (bicyclic) bond motifs is 1. The van der Waals surface area contributed by atoms with E-state index in [1.807, 2.05) is 30.3 Å². The van der Waals surface area contributed by atoms with Crippen LogP contribution >= 0.6 is 15.9 Å². The molecule has 0 atom stereocenters. The van der Waals surface area contributed by atoms with E-state index in [1.165, 1.54) is 0 Å². The van der Waals surface area contributed by atoms with Gasteiger partial charge < -0.3 is 9.15 Å². The number of pyridine rings is 1. The molecule has 0 aliphatic heterocycles. The molecule has 0 unspecified atom stereocenters. The Labute approximate surface area is 113 Å².